The molecule has 0 spiro atoms. The Labute approximate surface area is 120 Å². The molecule has 4 heteroatoms. The Bertz CT molecular complexity index is 581. The maximum atomic E-state index is 13.2. The number of rotatable bonds is 2. The molecule has 0 aromatic heterocycles. The number of aryl methyl sites for hydroxylation is 1. The molecule has 94 valence electrons. The Balaban J connectivity index is 2.44. The van der Waals surface area contributed by atoms with Crippen molar-refractivity contribution in [1.29, 1.82) is 0 Å². The summed E-state index contributed by atoms with van der Waals surface area (Å²) in [6.07, 6.45) is 0. The largest absolute Gasteiger partial charge is 0.207 e. The van der Waals surface area contributed by atoms with E-state index in [0.29, 0.717) is 15.6 Å². The summed E-state index contributed by atoms with van der Waals surface area (Å²) in [5, 5.41) is 0.663. The van der Waals surface area contributed by atoms with Gasteiger partial charge in [-0.25, -0.2) is 4.39 Å². The van der Waals surface area contributed by atoms with Gasteiger partial charge in [0.2, 0.25) is 0 Å². The summed E-state index contributed by atoms with van der Waals surface area (Å²) < 4.78 is 13.2. The molecule has 0 aliphatic heterocycles. The predicted octanol–water partition coefficient (Wildman–Crippen LogP) is 5.77. The Morgan fingerprint density at radius 2 is 1.78 bits per heavy atom. The summed E-state index contributed by atoms with van der Waals surface area (Å²) in [6, 6.07) is 9.89. The van der Waals surface area contributed by atoms with Gasteiger partial charge in [-0.15, -0.1) is 11.6 Å². The van der Waals surface area contributed by atoms with Gasteiger partial charge in [0.05, 0.1) is 5.38 Å². The maximum absolute atomic E-state index is 13.2. The van der Waals surface area contributed by atoms with Gasteiger partial charge in [-0.05, 0) is 47.9 Å². The highest BCUT2D eigenvalue weighted by Gasteiger charge is 2.15. The van der Waals surface area contributed by atoms with Crippen molar-refractivity contribution in [2.45, 2.75) is 12.3 Å². The molecule has 0 aliphatic rings. The number of hydrogen-bond donors (Lipinski definition) is 0. The van der Waals surface area contributed by atoms with E-state index in [2.05, 4.69) is 0 Å². The standard InChI is InChI=1S/C14H10Cl3F/c1-8-6-9(2-5-13(8)18)14(17)11-7-10(15)3-4-12(11)16/h2-7,14H,1H3. The normalized spacial score (nSPS) is 12.5. The fraction of sp³-hybridized carbons (Fsp3) is 0.143. The van der Waals surface area contributed by atoms with Gasteiger partial charge in [-0.2, -0.15) is 0 Å². The Morgan fingerprint density at radius 3 is 2.44 bits per heavy atom. The molecule has 0 fully saturated rings. The lowest BCUT2D eigenvalue weighted by molar-refractivity contribution is 0.617. The van der Waals surface area contributed by atoms with Crippen molar-refractivity contribution in [3.05, 3.63) is 69.0 Å². The first-order chi connectivity index (χ1) is 8.49. The molecule has 0 bridgehead atoms. The molecular formula is C14H10Cl3F. The quantitative estimate of drug-likeness (QED) is 0.618. The van der Waals surface area contributed by atoms with E-state index in [4.69, 9.17) is 34.8 Å². The van der Waals surface area contributed by atoms with Crippen LogP contribution in [0.2, 0.25) is 10.0 Å². The molecule has 0 saturated heterocycles. The molecule has 2 aromatic rings. The van der Waals surface area contributed by atoms with Gasteiger partial charge in [0.15, 0.2) is 0 Å². The van der Waals surface area contributed by atoms with Crippen LogP contribution in [0.3, 0.4) is 0 Å². The fourth-order valence-corrected chi connectivity index (χ4v) is 2.49. The highest BCUT2D eigenvalue weighted by Crippen LogP contribution is 2.35. The molecule has 0 heterocycles. The van der Waals surface area contributed by atoms with Crippen LogP contribution in [-0.4, -0.2) is 0 Å². The first kappa shape index (κ1) is 13.7. The molecule has 2 rings (SSSR count). The molecule has 2 aromatic carbocycles. The van der Waals surface area contributed by atoms with E-state index < -0.39 is 5.38 Å². The second kappa shape index (κ2) is 5.48. The highest BCUT2D eigenvalue weighted by atomic mass is 35.5. The van der Waals surface area contributed by atoms with Crippen LogP contribution in [0.15, 0.2) is 36.4 Å². The van der Waals surface area contributed by atoms with E-state index in [0.717, 1.165) is 11.1 Å². The number of benzene rings is 2. The van der Waals surface area contributed by atoms with E-state index in [9.17, 15) is 4.39 Å². The SMILES string of the molecule is Cc1cc(C(Cl)c2cc(Cl)ccc2Cl)ccc1F. The first-order valence-corrected chi connectivity index (χ1v) is 6.53. The molecule has 0 aliphatic carbocycles. The maximum Gasteiger partial charge on any atom is 0.126 e. The second-order valence-electron chi connectivity index (χ2n) is 4.04. The van der Waals surface area contributed by atoms with E-state index in [1.54, 1.807) is 37.3 Å². The van der Waals surface area contributed by atoms with E-state index in [1.165, 1.54) is 6.07 Å². The zero-order valence-electron chi connectivity index (χ0n) is 9.55. The number of alkyl halides is 1. The Hall–Kier alpha value is -0.760. The zero-order valence-corrected chi connectivity index (χ0v) is 11.8. The van der Waals surface area contributed by atoms with E-state index in [1.807, 2.05) is 0 Å². The molecule has 0 saturated carbocycles. The van der Waals surface area contributed by atoms with Crippen LogP contribution in [-0.2, 0) is 0 Å². The average molecular weight is 304 g/mol. The smallest absolute Gasteiger partial charge is 0.126 e. The van der Waals surface area contributed by atoms with Crippen molar-refractivity contribution in [2.24, 2.45) is 0 Å². The molecule has 0 amide bonds. The van der Waals surface area contributed by atoms with Crippen LogP contribution in [0.5, 0.6) is 0 Å². The van der Waals surface area contributed by atoms with Crippen LogP contribution >= 0.6 is 34.8 Å². The van der Waals surface area contributed by atoms with Gasteiger partial charge >= 0.3 is 0 Å². The Morgan fingerprint density at radius 1 is 1.06 bits per heavy atom. The van der Waals surface area contributed by atoms with Gasteiger partial charge in [0.25, 0.3) is 0 Å². The van der Waals surface area contributed by atoms with Crippen LogP contribution in [0.1, 0.15) is 22.1 Å². The zero-order chi connectivity index (χ0) is 13.3. The summed E-state index contributed by atoms with van der Waals surface area (Å²) >= 11 is 18.4. The first-order valence-electron chi connectivity index (χ1n) is 5.34. The third-order valence-corrected chi connectivity index (χ3v) is 3.77. The molecule has 1 unspecified atom stereocenters. The summed E-state index contributed by atoms with van der Waals surface area (Å²) in [4.78, 5) is 0. The van der Waals surface area contributed by atoms with E-state index >= 15 is 0 Å². The van der Waals surface area contributed by atoms with Crippen molar-refractivity contribution in [1.82, 2.24) is 0 Å². The lowest BCUT2D eigenvalue weighted by atomic mass is 10.0. The van der Waals surface area contributed by atoms with Gasteiger partial charge in [0, 0.05) is 10.0 Å². The molecule has 0 N–H and O–H groups in total. The molecule has 1 atom stereocenters. The molecule has 18 heavy (non-hydrogen) atoms. The van der Waals surface area contributed by atoms with Crippen molar-refractivity contribution in [3.8, 4) is 0 Å². The third kappa shape index (κ3) is 2.80. The minimum absolute atomic E-state index is 0.250. The fourth-order valence-electron chi connectivity index (χ4n) is 1.71. The predicted molar refractivity (Wildman–Crippen MR) is 75.3 cm³/mol. The molecule has 0 nitrogen and oxygen atoms in total. The van der Waals surface area contributed by atoms with Crippen LogP contribution in [0, 0.1) is 12.7 Å². The van der Waals surface area contributed by atoms with Crippen LogP contribution < -0.4 is 0 Å². The number of halogens is 4. The minimum Gasteiger partial charge on any atom is -0.207 e. The van der Waals surface area contributed by atoms with Crippen molar-refractivity contribution < 1.29 is 4.39 Å². The molecule has 0 radical (unpaired) electrons. The third-order valence-electron chi connectivity index (χ3n) is 2.71. The van der Waals surface area contributed by atoms with Gasteiger partial charge < -0.3 is 0 Å². The number of hydrogen-bond acceptors (Lipinski definition) is 0. The van der Waals surface area contributed by atoms with Crippen molar-refractivity contribution >= 4 is 34.8 Å². The van der Waals surface area contributed by atoms with E-state index in [-0.39, 0.29) is 5.82 Å². The van der Waals surface area contributed by atoms with Crippen molar-refractivity contribution in [2.75, 3.05) is 0 Å². The summed E-state index contributed by atoms with van der Waals surface area (Å²) in [6.45, 7) is 1.70. The lowest BCUT2D eigenvalue weighted by Gasteiger charge is -2.13. The highest BCUT2D eigenvalue weighted by molar-refractivity contribution is 6.35. The van der Waals surface area contributed by atoms with Gasteiger partial charge in [0.1, 0.15) is 5.82 Å². The Kier molecular flexibility index (Phi) is 4.16. The topological polar surface area (TPSA) is 0 Å². The summed E-state index contributed by atoms with van der Waals surface area (Å²) in [7, 11) is 0. The summed E-state index contributed by atoms with van der Waals surface area (Å²) in [5.74, 6) is -0.250. The van der Waals surface area contributed by atoms with Gasteiger partial charge in [-0.3, -0.25) is 0 Å². The second-order valence-corrected chi connectivity index (χ2v) is 5.32. The van der Waals surface area contributed by atoms with Crippen molar-refractivity contribution in [3.63, 3.8) is 0 Å². The van der Waals surface area contributed by atoms with Crippen LogP contribution in [0.25, 0.3) is 0 Å². The summed E-state index contributed by atoms with van der Waals surface area (Å²) in [5.41, 5.74) is 2.06. The minimum atomic E-state index is -0.449. The van der Waals surface area contributed by atoms with Gasteiger partial charge in [-0.1, -0.05) is 35.3 Å². The lowest BCUT2D eigenvalue weighted by Crippen LogP contribution is -1.96. The average Bonchev–Trinajstić information content (AvgIpc) is 2.35. The monoisotopic (exact) mass is 302 g/mol. The molecular weight excluding hydrogens is 294 g/mol. The van der Waals surface area contributed by atoms with Crippen LogP contribution in [0.4, 0.5) is 4.39 Å².